The van der Waals surface area contributed by atoms with E-state index in [1.807, 2.05) is 0 Å². The Morgan fingerprint density at radius 3 is 2.74 bits per heavy atom. The highest BCUT2D eigenvalue weighted by atomic mass is 19.1. The lowest BCUT2D eigenvalue weighted by molar-refractivity contribution is 0.189. The van der Waals surface area contributed by atoms with Gasteiger partial charge < -0.3 is 10.4 Å². The summed E-state index contributed by atoms with van der Waals surface area (Å²) in [6.45, 7) is 2.20. The van der Waals surface area contributed by atoms with E-state index in [1.165, 1.54) is 12.1 Å². The van der Waals surface area contributed by atoms with Gasteiger partial charge in [-0.1, -0.05) is 12.1 Å². The monoisotopic (exact) mass is 263 g/mol. The molecule has 0 aliphatic carbocycles. The third-order valence-corrected chi connectivity index (χ3v) is 2.64. The van der Waals surface area contributed by atoms with Crippen LogP contribution in [0.3, 0.4) is 0 Å². The number of hydrogen-bond acceptors (Lipinski definition) is 2. The van der Waals surface area contributed by atoms with Crippen LogP contribution >= 0.6 is 0 Å². The summed E-state index contributed by atoms with van der Waals surface area (Å²) in [5, 5.41) is 15.1. The molecular weight excluding hydrogens is 249 g/mol. The summed E-state index contributed by atoms with van der Waals surface area (Å²) in [4.78, 5) is 10.5. The van der Waals surface area contributed by atoms with E-state index >= 15 is 0 Å². The number of benzene rings is 1. The second-order valence-electron chi connectivity index (χ2n) is 4.31. The summed E-state index contributed by atoms with van der Waals surface area (Å²) in [5.41, 5.74) is 1.73. The fourth-order valence-electron chi connectivity index (χ4n) is 1.79. The van der Waals surface area contributed by atoms with Crippen LogP contribution in [0.5, 0.6) is 0 Å². The van der Waals surface area contributed by atoms with E-state index in [-0.39, 0.29) is 11.9 Å². The lowest BCUT2D eigenvalue weighted by Gasteiger charge is -2.10. The first-order chi connectivity index (χ1) is 9.04. The number of halogens is 1. The minimum atomic E-state index is -1.06. The Labute approximate surface area is 109 Å². The van der Waals surface area contributed by atoms with Crippen molar-refractivity contribution in [1.82, 2.24) is 15.1 Å². The van der Waals surface area contributed by atoms with Crippen molar-refractivity contribution in [1.29, 1.82) is 0 Å². The number of amides is 1. The van der Waals surface area contributed by atoms with Crippen molar-refractivity contribution in [3.05, 3.63) is 42.5 Å². The van der Waals surface area contributed by atoms with Crippen LogP contribution in [0.4, 0.5) is 9.18 Å². The van der Waals surface area contributed by atoms with Gasteiger partial charge in [-0.05, 0) is 24.6 Å². The maximum absolute atomic E-state index is 12.8. The summed E-state index contributed by atoms with van der Waals surface area (Å²) < 4.78 is 14.5. The molecule has 0 bridgehead atoms. The molecule has 1 aromatic carbocycles. The van der Waals surface area contributed by atoms with Gasteiger partial charge in [0.2, 0.25) is 0 Å². The van der Waals surface area contributed by atoms with Crippen LogP contribution in [-0.4, -0.2) is 27.0 Å². The zero-order chi connectivity index (χ0) is 13.8. The highest BCUT2D eigenvalue weighted by molar-refractivity contribution is 5.64. The zero-order valence-corrected chi connectivity index (χ0v) is 10.4. The summed E-state index contributed by atoms with van der Waals surface area (Å²) >= 11 is 0. The Morgan fingerprint density at radius 1 is 1.42 bits per heavy atom. The van der Waals surface area contributed by atoms with Crippen LogP contribution < -0.4 is 5.32 Å². The van der Waals surface area contributed by atoms with Gasteiger partial charge in [-0.2, -0.15) is 5.10 Å². The fraction of sp³-hybridized carbons (Fsp3) is 0.231. The van der Waals surface area contributed by atoms with Crippen LogP contribution in [0, 0.1) is 5.82 Å². The predicted octanol–water partition coefficient (Wildman–Crippen LogP) is 2.35. The van der Waals surface area contributed by atoms with Crippen LogP contribution in [-0.2, 0) is 6.54 Å². The molecule has 2 rings (SSSR count). The number of aromatic nitrogens is 2. The molecule has 19 heavy (non-hydrogen) atoms. The third kappa shape index (κ3) is 3.54. The van der Waals surface area contributed by atoms with E-state index in [2.05, 4.69) is 10.4 Å². The second kappa shape index (κ2) is 5.51. The largest absolute Gasteiger partial charge is 0.465 e. The average Bonchev–Trinajstić information content (AvgIpc) is 2.77. The molecule has 6 heteroatoms. The predicted molar refractivity (Wildman–Crippen MR) is 68.2 cm³/mol. The Kier molecular flexibility index (Phi) is 3.79. The molecule has 0 unspecified atom stereocenters. The molecule has 1 atom stereocenters. The molecule has 0 spiro atoms. The number of nitrogens with one attached hydrogen (secondary N) is 1. The molecule has 0 aliphatic rings. The standard InChI is InChI=1S/C13H14FN3O2/c1-9(16-13(18)19)7-17-8-11(6-15-17)10-2-4-12(14)5-3-10/h2-6,8-9,16H,7H2,1H3,(H,18,19)/t9-/m0/s1. The SMILES string of the molecule is C[C@@H](Cn1cc(-c2ccc(F)cc2)cn1)NC(=O)O. The van der Waals surface area contributed by atoms with Gasteiger partial charge in [-0.25, -0.2) is 9.18 Å². The molecule has 1 amide bonds. The highest BCUT2D eigenvalue weighted by Gasteiger charge is 2.08. The lowest BCUT2D eigenvalue weighted by Crippen LogP contribution is -2.34. The Bertz CT molecular complexity index is 566. The van der Waals surface area contributed by atoms with E-state index in [9.17, 15) is 9.18 Å². The van der Waals surface area contributed by atoms with Crippen LogP contribution in [0.15, 0.2) is 36.7 Å². The first kappa shape index (κ1) is 13.1. The maximum Gasteiger partial charge on any atom is 0.404 e. The number of carboxylic acid groups (broad SMARTS) is 1. The van der Waals surface area contributed by atoms with Crippen molar-refractivity contribution >= 4 is 6.09 Å². The topological polar surface area (TPSA) is 67.2 Å². The van der Waals surface area contributed by atoms with E-state index < -0.39 is 6.09 Å². The Hall–Kier alpha value is -2.37. The average molecular weight is 263 g/mol. The van der Waals surface area contributed by atoms with Gasteiger partial charge in [0, 0.05) is 17.8 Å². The number of hydrogen-bond donors (Lipinski definition) is 2. The van der Waals surface area contributed by atoms with Gasteiger partial charge in [0.15, 0.2) is 0 Å². The second-order valence-corrected chi connectivity index (χ2v) is 4.31. The first-order valence-electron chi connectivity index (χ1n) is 5.82. The molecule has 1 heterocycles. The van der Waals surface area contributed by atoms with Gasteiger partial charge >= 0.3 is 6.09 Å². The van der Waals surface area contributed by atoms with Crippen LogP contribution in [0.25, 0.3) is 11.1 Å². The van der Waals surface area contributed by atoms with Gasteiger partial charge in [-0.15, -0.1) is 0 Å². The van der Waals surface area contributed by atoms with Crippen molar-refractivity contribution in [2.24, 2.45) is 0 Å². The normalized spacial score (nSPS) is 12.1. The lowest BCUT2D eigenvalue weighted by atomic mass is 10.1. The van der Waals surface area contributed by atoms with Gasteiger partial charge in [-0.3, -0.25) is 4.68 Å². The molecule has 2 aromatic rings. The first-order valence-corrected chi connectivity index (χ1v) is 5.82. The molecule has 5 nitrogen and oxygen atoms in total. The number of rotatable bonds is 4. The smallest absolute Gasteiger partial charge is 0.404 e. The molecule has 2 N–H and O–H groups in total. The minimum Gasteiger partial charge on any atom is -0.465 e. The van der Waals surface area contributed by atoms with Gasteiger partial charge in [0.25, 0.3) is 0 Å². The van der Waals surface area contributed by atoms with Crippen molar-refractivity contribution in [2.45, 2.75) is 19.5 Å². The molecule has 100 valence electrons. The molecule has 0 saturated carbocycles. The highest BCUT2D eigenvalue weighted by Crippen LogP contribution is 2.18. The zero-order valence-electron chi connectivity index (χ0n) is 10.4. The molecule has 0 radical (unpaired) electrons. The fourth-order valence-corrected chi connectivity index (χ4v) is 1.79. The van der Waals surface area contributed by atoms with Crippen molar-refractivity contribution in [2.75, 3.05) is 0 Å². The van der Waals surface area contributed by atoms with Crippen molar-refractivity contribution in [3.8, 4) is 11.1 Å². The number of carbonyl (C=O) groups is 1. The van der Waals surface area contributed by atoms with Crippen LogP contribution in [0.2, 0.25) is 0 Å². The van der Waals surface area contributed by atoms with Crippen LogP contribution in [0.1, 0.15) is 6.92 Å². The van der Waals surface area contributed by atoms with E-state index in [4.69, 9.17) is 5.11 Å². The van der Waals surface area contributed by atoms with Gasteiger partial charge in [0.1, 0.15) is 5.82 Å². The minimum absolute atomic E-state index is 0.238. The molecule has 0 saturated heterocycles. The summed E-state index contributed by atoms with van der Waals surface area (Å²) in [5.74, 6) is -0.282. The molecule has 0 aliphatic heterocycles. The maximum atomic E-state index is 12.8. The summed E-state index contributed by atoms with van der Waals surface area (Å²) in [6.07, 6.45) is 2.41. The van der Waals surface area contributed by atoms with E-state index in [0.717, 1.165) is 11.1 Å². The van der Waals surface area contributed by atoms with E-state index in [1.54, 1.807) is 36.1 Å². The molecule has 1 aromatic heterocycles. The molecule has 0 fully saturated rings. The van der Waals surface area contributed by atoms with Crippen molar-refractivity contribution in [3.63, 3.8) is 0 Å². The van der Waals surface area contributed by atoms with Gasteiger partial charge in [0.05, 0.1) is 12.7 Å². The van der Waals surface area contributed by atoms with Crippen molar-refractivity contribution < 1.29 is 14.3 Å². The molecular formula is C13H14FN3O2. The Balaban J connectivity index is 2.06. The summed E-state index contributed by atoms with van der Waals surface area (Å²) in [6, 6.07) is 5.90. The Morgan fingerprint density at radius 2 is 2.11 bits per heavy atom. The van der Waals surface area contributed by atoms with E-state index in [0.29, 0.717) is 6.54 Å². The summed E-state index contributed by atoms with van der Waals surface area (Å²) in [7, 11) is 0. The quantitative estimate of drug-likeness (QED) is 0.889. The third-order valence-electron chi connectivity index (χ3n) is 2.64. The number of nitrogens with zero attached hydrogens (tertiary/aromatic N) is 2.